The van der Waals surface area contributed by atoms with Crippen molar-refractivity contribution in [1.29, 1.82) is 0 Å². The van der Waals surface area contributed by atoms with E-state index in [2.05, 4.69) is 43.5 Å². The topological polar surface area (TPSA) is 95.9 Å². The van der Waals surface area contributed by atoms with Gasteiger partial charge >= 0.3 is 5.97 Å². The summed E-state index contributed by atoms with van der Waals surface area (Å²) in [5, 5.41) is 23.3. The molecule has 1 amide bonds. The molecule has 0 spiro atoms. The third kappa shape index (κ3) is 71.2. The van der Waals surface area contributed by atoms with Gasteiger partial charge in [-0.25, -0.2) is 0 Å². The minimum Gasteiger partial charge on any atom is -0.466 e. The molecule has 0 aromatic carbocycles. The van der Waals surface area contributed by atoms with Gasteiger partial charge in [0.1, 0.15) is 0 Å². The molecule has 6 nitrogen and oxygen atoms in total. The molecule has 0 bridgehead atoms. The lowest BCUT2D eigenvalue weighted by atomic mass is 10.0. The van der Waals surface area contributed by atoms with Gasteiger partial charge in [-0.1, -0.05) is 397 Å². The van der Waals surface area contributed by atoms with Gasteiger partial charge in [0, 0.05) is 12.8 Å². The van der Waals surface area contributed by atoms with Crippen LogP contribution in [0.3, 0.4) is 0 Å². The van der Waals surface area contributed by atoms with Crippen molar-refractivity contribution in [3.63, 3.8) is 0 Å². The minimum atomic E-state index is -0.845. The van der Waals surface area contributed by atoms with E-state index >= 15 is 0 Å². The van der Waals surface area contributed by atoms with Crippen LogP contribution in [0.25, 0.3) is 0 Å². The number of amides is 1. The number of esters is 1. The maximum atomic E-state index is 12.6. The number of allylic oxidation sites excluding steroid dienone is 5. The Hall–Kier alpha value is -1.92. The summed E-state index contributed by atoms with van der Waals surface area (Å²) in [4.78, 5) is 24.6. The molecule has 0 aliphatic heterocycles. The molecule has 2 unspecified atom stereocenters. The number of hydrogen-bond acceptors (Lipinski definition) is 5. The Morgan fingerprint density at radius 3 is 0.884 bits per heavy atom. The molecule has 0 aromatic heterocycles. The molecule has 0 radical (unpaired) electrons. The van der Waals surface area contributed by atoms with Crippen molar-refractivity contribution in [2.45, 2.75) is 450 Å². The zero-order chi connectivity index (χ0) is 62.0. The number of aliphatic hydroxyl groups is 2. The van der Waals surface area contributed by atoms with Gasteiger partial charge < -0.3 is 20.3 Å². The van der Waals surface area contributed by atoms with Crippen LogP contribution in [-0.4, -0.2) is 47.4 Å². The largest absolute Gasteiger partial charge is 0.466 e. The summed E-state index contributed by atoms with van der Waals surface area (Å²) < 4.78 is 5.48. The third-order valence-electron chi connectivity index (χ3n) is 18.4. The fraction of sp³-hybridized carbons (Fsp3) is 0.900. The van der Waals surface area contributed by atoms with Gasteiger partial charge in [0.25, 0.3) is 0 Å². The first-order valence-electron chi connectivity index (χ1n) is 39.3. The van der Waals surface area contributed by atoms with Gasteiger partial charge in [0.05, 0.1) is 25.4 Å². The van der Waals surface area contributed by atoms with E-state index in [9.17, 15) is 19.8 Å². The Morgan fingerprint density at radius 2 is 0.581 bits per heavy atom. The summed E-state index contributed by atoms with van der Waals surface area (Å²) in [6.07, 6.45) is 98.4. The predicted octanol–water partition coefficient (Wildman–Crippen LogP) is 25.8. The van der Waals surface area contributed by atoms with Crippen molar-refractivity contribution in [2.24, 2.45) is 0 Å². The molecule has 6 heteroatoms. The van der Waals surface area contributed by atoms with Crippen molar-refractivity contribution in [3.05, 3.63) is 36.5 Å². The second-order valence-electron chi connectivity index (χ2n) is 27.0. The Bertz CT molecular complexity index is 1390. The Kier molecular flexibility index (Phi) is 73.9. The average Bonchev–Trinajstić information content (AvgIpc) is 3.57. The molecule has 0 saturated carbocycles. The van der Waals surface area contributed by atoms with E-state index in [1.165, 1.54) is 366 Å². The smallest absolute Gasteiger partial charge is 0.305 e. The highest BCUT2D eigenvalue weighted by molar-refractivity contribution is 5.76. The van der Waals surface area contributed by atoms with Crippen molar-refractivity contribution < 1.29 is 24.5 Å². The number of carbonyl (C=O) groups excluding carboxylic acids is 2. The van der Waals surface area contributed by atoms with E-state index in [1.807, 2.05) is 6.08 Å². The Balaban J connectivity index is 3.40. The number of rotatable bonds is 74. The molecule has 0 heterocycles. The fourth-order valence-corrected chi connectivity index (χ4v) is 12.4. The predicted molar refractivity (Wildman–Crippen MR) is 379 cm³/mol. The molecule has 0 rings (SSSR count). The zero-order valence-electron chi connectivity index (χ0n) is 58.3. The van der Waals surface area contributed by atoms with E-state index < -0.39 is 12.1 Å². The van der Waals surface area contributed by atoms with Crippen LogP contribution in [0.1, 0.15) is 438 Å². The van der Waals surface area contributed by atoms with Crippen LogP contribution in [0.5, 0.6) is 0 Å². The molecule has 3 N–H and O–H groups in total. The highest BCUT2D eigenvalue weighted by Gasteiger charge is 2.18. The molecule has 86 heavy (non-hydrogen) atoms. The van der Waals surface area contributed by atoms with Gasteiger partial charge in [-0.3, -0.25) is 9.59 Å². The van der Waals surface area contributed by atoms with Crippen molar-refractivity contribution in [2.75, 3.05) is 13.2 Å². The van der Waals surface area contributed by atoms with Crippen molar-refractivity contribution in [1.82, 2.24) is 5.32 Å². The summed E-state index contributed by atoms with van der Waals surface area (Å²) in [7, 11) is 0. The number of hydrogen-bond donors (Lipinski definition) is 3. The highest BCUT2D eigenvalue weighted by Crippen LogP contribution is 2.19. The van der Waals surface area contributed by atoms with Crippen LogP contribution in [-0.2, 0) is 14.3 Å². The molecule has 2 atom stereocenters. The normalized spacial score (nSPS) is 12.7. The van der Waals surface area contributed by atoms with E-state index in [-0.39, 0.29) is 18.5 Å². The van der Waals surface area contributed by atoms with Gasteiger partial charge in [0.15, 0.2) is 0 Å². The van der Waals surface area contributed by atoms with Crippen LogP contribution in [0.2, 0.25) is 0 Å². The summed E-state index contributed by atoms with van der Waals surface area (Å²) in [5.41, 5.74) is 0. The van der Waals surface area contributed by atoms with Crippen LogP contribution >= 0.6 is 0 Å². The van der Waals surface area contributed by atoms with E-state index in [4.69, 9.17) is 4.74 Å². The molecular weight excluding hydrogens is 1050 g/mol. The third-order valence-corrected chi connectivity index (χ3v) is 18.4. The number of nitrogens with one attached hydrogen (secondary N) is 1. The number of unbranched alkanes of at least 4 members (excludes halogenated alkanes) is 59. The first-order valence-corrected chi connectivity index (χ1v) is 39.3. The van der Waals surface area contributed by atoms with Gasteiger partial charge in [-0.15, -0.1) is 0 Å². The lowest BCUT2D eigenvalue weighted by Gasteiger charge is -2.20. The van der Waals surface area contributed by atoms with Crippen LogP contribution in [0.15, 0.2) is 36.5 Å². The SMILES string of the molecule is CCCCCCCCCCCCCCCCCCCCCCCC/C=C/C(O)C(CO)NC(=O)CCCCCCCCCCCCCCCCCCC/C=C\C/C=C\CCCCCCCCCCCOC(=O)CCCCCCCCCCCCCC. The fourth-order valence-electron chi connectivity index (χ4n) is 12.4. The Labute approximate surface area is 538 Å². The summed E-state index contributed by atoms with van der Waals surface area (Å²) in [6.45, 7) is 4.95. The summed E-state index contributed by atoms with van der Waals surface area (Å²) >= 11 is 0. The molecule has 0 aromatic rings. The number of carbonyl (C=O) groups is 2. The van der Waals surface area contributed by atoms with Crippen LogP contribution in [0.4, 0.5) is 0 Å². The lowest BCUT2D eigenvalue weighted by molar-refractivity contribution is -0.143. The lowest BCUT2D eigenvalue weighted by Crippen LogP contribution is -2.45. The highest BCUT2D eigenvalue weighted by atomic mass is 16.5. The monoisotopic (exact) mass is 1210 g/mol. The molecule has 0 fully saturated rings. The van der Waals surface area contributed by atoms with E-state index in [0.29, 0.717) is 19.4 Å². The van der Waals surface area contributed by atoms with Gasteiger partial charge in [0.2, 0.25) is 5.91 Å². The second-order valence-corrected chi connectivity index (χ2v) is 27.0. The maximum Gasteiger partial charge on any atom is 0.305 e. The molecular formula is C80H153NO5. The molecule has 0 saturated heterocycles. The van der Waals surface area contributed by atoms with Crippen LogP contribution in [0, 0.1) is 0 Å². The molecule has 0 aliphatic carbocycles. The quantitative estimate of drug-likeness (QED) is 0.0320. The standard InChI is InChI=1S/C80H153NO5/c1-3-5-7-9-11-13-15-17-18-19-20-21-22-34-37-40-43-46-49-52-56-60-64-68-72-78(83)77(76-82)81-79(84)73-69-65-61-57-53-50-47-44-41-38-35-32-30-28-26-24-23-25-27-29-31-33-36-39-42-45-48-51-55-59-63-67-71-75-86-80(85)74-70-66-62-58-54-16-14-12-10-8-6-4-2/h27,29,33,36,68,72,77-78,82-83H,3-26,28,30-32,34-35,37-67,69-71,73-76H2,1-2H3,(H,81,84)/b29-27-,36-33-,72-68+. The average molecular weight is 1210 g/mol. The maximum absolute atomic E-state index is 12.6. The number of ether oxygens (including phenoxy) is 1. The molecule has 508 valence electrons. The second kappa shape index (κ2) is 75.5. The van der Waals surface area contributed by atoms with E-state index in [1.54, 1.807) is 6.08 Å². The van der Waals surface area contributed by atoms with Crippen molar-refractivity contribution >= 4 is 11.9 Å². The minimum absolute atomic E-state index is 0.0153. The molecule has 0 aliphatic rings. The first-order chi connectivity index (χ1) is 42.5. The van der Waals surface area contributed by atoms with Crippen LogP contribution < -0.4 is 5.32 Å². The summed E-state index contributed by atoms with van der Waals surface area (Å²) in [6, 6.07) is -0.628. The summed E-state index contributed by atoms with van der Waals surface area (Å²) in [5.74, 6) is -0.0459. The first kappa shape index (κ1) is 84.1. The zero-order valence-corrected chi connectivity index (χ0v) is 58.3. The van der Waals surface area contributed by atoms with E-state index in [0.717, 1.165) is 44.9 Å². The number of aliphatic hydroxyl groups excluding tert-OH is 2. The Morgan fingerprint density at radius 1 is 0.326 bits per heavy atom. The van der Waals surface area contributed by atoms with Crippen molar-refractivity contribution in [3.8, 4) is 0 Å². The van der Waals surface area contributed by atoms with Gasteiger partial charge in [-0.05, 0) is 64.2 Å². The van der Waals surface area contributed by atoms with Gasteiger partial charge in [-0.2, -0.15) is 0 Å².